The van der Waals surface area contributed by atoms with Crippen molar-refractivity contribution in [1.29, 1.82) is 0 Å². The molecule has 0 bridgehead atoms. The van der Waals surface area contributed by atoms with Crippen LogP contribution in [0.25, 0.3) is 0 Å². The highest BCUT2D eigenvalue weighted by Gasteiger charge is 2.32. The number of aliphatic imine (C=N–C) groups is 1. The number of carbonyl (C=O) groups is 3. The number of ether oxygens (including phenoxy) is 1. The second kappa shape index (κ2) is 9.77. The zero-order chi connectivity index (χ0) is 20.0. The maximum atomic E-state index is 12.4. The Hall–Kier alpha value is -2.04. The highest BCUT2D eigenvalue weighted by atomic mass is 32.2. The SMILES string of the molecule is CCSc1ccc(N2C(=O)CSC2=NC(=O)OC)c(NC(=O)CN(C)C)c1. The molecule has 0 aliphatic carbocycles. The van der Waals surface area contributed by atoms with Crippen LogP contribution >= 0.6 is 23.5 Å². The lowest BCUT2D eigenvalue weighted by Gasteiger charge is -2.21. The molecule has 27 heavy (non-hydrogen) atoms. The Kier molecular flexibility index (Phi) is 7.69. The third kappa shape index (κ3) is 5.72. The largest absolute Gasteiger partial charge is 0.451 e. The number of amidine groups is 1. The monoisotopic (exact) mass is 410 g/mol. The Morgan fingerprint density at radius 3 is 2.78 bits per heavy atom. The average Bonchev–Trinajstić information content (AvgIpc) is 2.95. The van der Waals surface area contributed by atoms with Crippen molar-refractivity contribution in [3.05, 3.63) is 18.2 Å². The first kappa shape index (κ1) is 21.3. The van der Waals surface area contributed by atoms with E-state index < -0.39 is 6.09 Å². The van der Waals surface area contributed by atoms with Crippen LogP contribution in [0.1, 0.15) is 6.92 Å². The molecule has 1 aromatic rings. The van der Waals surface area contributed by atoms with Crippen LogP contribution in [0.5, 0.6) is 0 Å². The molecule has 0 aromatic heterocycles. The molecule has 0 radical (unpaired) electrons. The maximum absolute atomic E-state index is 12.4. The summed E-state index contributed by atoms with van der Waals surface area (Å²) in [5.74, 6) is 0.608. The Labute approximate surface area is 166 Å². The van der Waals surface area contributed by atoms with E-state index in [0.29, 0.717) is 11.4 Å². The lowest BCUT2D eigenvalue weighted by Crippen LogP contribution is -2.32. The first-order valence-corrected chi connectivity index (χ1v) is 10.2. The number of anilines is 2. The number of methoxy groups -OCH3 is 1. The topological polar surface area (TPSA) is 91.3 Å². The molecule has 8 nitrogen and oxygen atoms in total. The van der Waals surface area contributed by atoms with Gasteiger partial charge in [-0.1, -0.05) is 18.7 Å². The van der Waals surface area contributed by atoms with Gasteiger partial charge < -0.3 is 15.0 Å². The third-order valence-corrected chi connectivity index (χ3v) is 5.18. The number of nitrogens with zero attached hydrogens (tertiary/aromatic N) is 3. The molecule has 1 fully saturated rings. The van der Waals surface area contributed by atoms with Gasteiger partial charge in [0.1, 0.15) is 0 Å². The summed E-state index contributed by atoms with van der Waals surface area (Å²) in [5.41, 5.74) is 0.967. The lowest BCUT2D eigenvalue weighted by molar-refractivity contribution is -0.117. The number of carbonyl (C=O) groups excluding carboxylic acids is 3. The number of hydrogen-bond acceptors (Lipinski definition) is 7. The van der Waals surface area contributed by atoms with Crippen molar-refractivity contribution in [2.24, 2.45) is 4.99 Å². The first-order chi connectivity index (χ1) is 12.8. The van der Waals surface area contributed by atoms with Gasteiger partial charge in [-0.05, 0) is 38.0 Å². The predicted molar refractivity (Wildman–Crippen MR) is 110 cm³/mol. The van der Waals surface area contributed by atoms with Crippen LogP contribution < -0.4 is 10.2 Å². The molecule has 1 heterocycles. The standard InChI is InChI=1S/C17H22N4O4S2/c1-5-26-11-6-7-13(12(8-11)18-14(22)9-20(2)3)21-15(23)10-27-16(21)19-17(24)25-4/h6-8H,5,9-10H2,1-4H3,(H,18,22). The van der Waals surface area contributed by atoms with Crippen molar-refractivity contribution in [3.63, 3.8) is 0 Å². The molecule has 0 unspecified atom stereocenters. The number of benzene rings is 1. The van der Waals surface area contributed by atoms with Gasteiger partial charge in [0, 0.05) is 4.90 Å². The molecule has 146 valence electrons. The zero-order valence-corrected chi connectivity index (χ0v) is 17.3. The van der Waals surface area contributed by atoms with E-state index in [-0.39, 0.29) is 29.3 Å². The van der Waals surface area contributed by atoms with E-state index in [1.54, 1.807) is 36.8 Å². The molecule has 1 saturated heterocycles. The summed E-state index contributed by atoms with van der Waals surface area (Å²) in [6.07, 6.45) is -0.784. The predicted octanol–water partition coefficient (Wildman–Crippen LogP) is 2.50. The first-order valence-electron chi connectivity index (χ1n) is 8.19. The van der Waals surface area contributed by atoms with Gasteiger partial charge in [-0.15, -0.1) is 11.8 Å². The normalized spacial score (nSPS) is 15.5. The van der Waals surface area contributed by atoms with Gasteiger partial charge in [0.15, 0.2) is 5.17 Å². The van der Waals surface area contributed by atoms with Gasteiger partial charge >= 0.3 is 6.09 Å². The fourth-order valence-electron chi connectivity index (χ4n) is 2.35. The number of rotatable bonds is 6. The fraction of sp³-hybridized carbons (Fsp3) is 0.412. The molecule has 10 heteroatoms. The van der Waals surface area contributed by atoms with Crippen LogP contribution in [0.4, 0.5) is 16.2 Å². The van der Waals surface area contributed by atoms with Gasteiger partial charge in [0.05, 0.1) is 30.8 Å². The van der Waals surface area contributed by atoms with E-state index >= 15 is 0 Å². The average molecular weight is 411 g/mol. The third-order valence-electron chi connectivity index (χ3n) is 3.38. The summed E-state index contributed by atoms with van der Waals surface area (Å²) in [4.78, 5) is 44.1. The van der Waals surface area contributed by atoms with Crippen LogP contribution in [-0.4, -0.2) is 67.2 Å². The van der Waals surface area contributed by atoms with Crippen LogP contribution in [0.3, 0.4) is 0 Å². The van der Waals surface area contributed by atoms with E-state index in [0.717, 1.165) is 22.4 Å². The second-order valence-electron chi connectivity index (χ2n) is 5.78. The van der Waals surface area contributed by atoms with Crippen molar-refractivity contribution in [1.82, 2.24) is 4.90 Å². The quantitative estimate of drug-likeness (QED) is 0.721. The van der Waals surface area contributed by atoms with Gasteiger partial charge in [0.25, 0.3) is 0 Å². The van der Waals surface area contributed by atoms with Crippen molar-refractivity contribution in [2.45, 2.75) is 11.8 Å². The highest BCUT2D eigenvalue weighted by molar-refractivity contribution is 8.15. The Bertz CT molecular complexity index is 767. The summed E-state index contributed by atoms with van der Waals surface area (Å²) in [6.45, 7) is 2.24. The molecule has 1 aliphatic rings. The summed E-state index contributed by atoms with van der Waals surface area (Å²) in [5, 5.41) is 3.09. The van der Waals surface area contributed by atoms with E-state index in [2.05, 4.69) is 15.0 Å². The summed E-state index contributed by atoms with van der Waals surface area (Å²) < 4.78 is 4.56. The van der Waals surface area contributed by atoms with Crippen molar-refractivity contribution < 1.29 is 19.1 Å². The molecule has 2 rings (SSSR count). The van der Waals surface area contributed by atoms with E-state index in [9.17, 15) is 14.4 Å². The Morgan fingerprint density at radius 1 is 1.41 bits per heavy atom. The van der Waals surface area contributed by atoms with E-state index in [1.165, 1.54) is 12.0 Å². The van der Waals surface area contributed by atoms with Crippen molar-refractivity contribution in [3.8, 4) is 0 Å². The minimum atomic E-state index is -0.784. The Morgan fingerprint density at radius 2 is 2.15 bits per heavy atom. The van der Waals surface area contributed by atoms with Gasteiger partial charge in [-0.25, -0.2) is 4.79 Å². The maximum Gasteiger partial charge on any atom is 0.435 e. The molecule has 1 aliphatic heterocycles. The molecular weight excluding hydrogens is 388 g/mol. The molecule has 1 N–H and O–H groups in total. The Balaban J connectivity index is 2.43. The number of thioether (sulfide) groups is 2. The number of nitrogens with one attached hydrogen (secondary N) is 1. The number of likely N-dealkylation sites (N-methyl/N-ethyl adjacent to an activating group) is 1. The molecule has 0 spiro atoms. The number of amides is 3. The van der Waals surface area contributed by atoms with E-state index in [1.807, 2.05) is 19.1 Å². The smallest absolute Gasteiger partial charge is 0.435 e. The lowest BCUT2D eigenvalue weighted by atomic mass is 10.2. The van der Waals surface area contributed by atoms with Crippen molar-refractivity contribution in [2.75, 3.05) is 49.5 Å². The number of hydrogen-bond donors (Lipinski definition) is 1. The van der Waals surface area contributed by atoms with Gasteiger partial charge in [0.2, 0.25) is 11.8 Å². The molecule has 3 amide bonds. The van der Waals surface area contributed by atoms with E-state index in [4.69, 9.17) is 0 Å². The fourth-order valence-corrected chi connectivity index (χ4v) is 3.90. The highest BCUT2D eigenvalue weighted by Crippen LogP contribution is 2.35. The zero-order valence-electron chi connectivity index (χ0n) is 15.6. The van der Waals surface area contributed by atoms with Crippen LogP contribution in [-0.2, 0) is 14.3 Å². The van der Waals surface area contributed by atoms with Crippen LogP contribution in [0.15, 0.2) is 28.1 Å². The second-order valence-corrected chi connectivity index (χ2v) is 8.06. The van der Waals surface area contributed by atoms with Crippen LogP contribution in [0, 0.1) is 0 Å². The van der Waals surface area contributed by atoms with Gasteiger partial charge in [-0.3, -0.25) is 14.5 Å². The summed E-state index contributed by atoms with van der Waals surface area (Å²) >= 11 is 2.77. The minimum absolute atomic E-state index is 0.159. The molecule has 1 aromatic carbocycles. The summed E-state index contributed by atoms with van der Waals surface area (Å²) in [7, 11) is 4.82. The van der Waals surface area contributed by atoms with Crippen molar-refractivity contribution >= 4 is 58.0 Å². The summed E-state index contributed by atoms with van der Waals surface area (Å²) in [6, 6.07) is 5.44. The van der Waals surface area contributed by atoms with Gasteiger partial charge in [-0.2, -0.15) is 4.99 Å². The molecule has 0 atom stereocenters. The van der Waals surface area contributed by atoms with Crippen LogP contribution in [0.2, 0.25) is 0 Å². The molecular formula is C17H22N4O4S2. The minimum Gasteiger partial charge on any atom is -0.451 e. The molecule has 0 saturated carbocycles.